The quantitative estimate of drug-likeness (QED) is 0.221. The molecule has 4 aromatic rings. The third kappa shape index (κ3) is 4.53. The van der Waals surface area contributed by atoms with Crippen molar-refractivity contribution >= 4 is 11.8 Å². The Kier molecular flexibility index (Phi) is 6.48. The SMILES string of the molecule is Cc1cc2c(c(=O)n1Cc1ccccc1)C1O[C@](CCCCN3C(=O)c4ccccc4C3=O)(Cc3cc(C#N)ccc31)O2. The van der Waals surface area contributed by atoms with Gasteiger partial charge in [0.25, 0.3) is 17.4 Å². The van der Waals surface area contributed by atoms with E-state index in [-0.39, 0.29) is 17.4 Å². The molecule has 3 aliphatic rings. The second-order valence-corrected chi connectivity index (χ2v) is 11.4. The Bertz CT molecular complexity index is 1860. The molecule has 43 heavy (non-hydrogen) atoms. The first-order chi connectivity index (χ1) is 20.9. The Labute approximate surface area is 248 Å². The van der Waals surface area contributed by atoms with Gasteiger partial charge in [-0.2, -0.15) is 5.26 Å². The average molecular weight is 572 g/mol. The number of carbonyl (C=O) groups is 2. The normalized spacial score (nSPS) is 19.7. The maximum atomic E-state index is 14.0. The minimum absolute atomic E-state index is 0.166. The maximum absolute atomic E-state index is 14.0. The van der Waals surface area contributed by atoms with Crippen molar-refractivity contribution in [3.8, 4) is 11.8 Å². The van der Waals surface area contributed by atoms with Gasteiger partial charge in [0.15, 0.2) is 0 Å². The van der Waals surface area contributed by atoms with Gasteiger partial charge in [-0.15, -0.1) is 0 Å². The van der Waals surface area contributed by atoms with E-state index < -0.39 is 11.9 Å². The second-order valence-electron chi connectivity index (χ2n) is 11.4. The lowest BCUT2D eigenvalue weighted by atomic mass is 9.84. The first-order valence-corrected chi connectivity index (χ1v) is 14.5. The Hall–Kier alpha value is -5.00. The molecule has 0 fully saturated rings. The lowest BCUT2D eigenvalue weighted by Crippen LogP contribution is -2.51. The molecule has 7 rings (SSSR count). The number of unbranched alkanes of at least 4 members (excludes halogenated alkanes) is 1. The molecule has 3 aliphatic heterocycles. The number of nitrogens with zero attached hydrogens (tertiary/aromatic N) is 3. The molecule has 2 bridgehead atoms. The molecular formula is C35H29N3O5. The van der Waals surface area contributed by atoms with Gasteiger partial charge in [0.1, 0.15) is 11.9 Å². The average Bonchev–Trinajstić information content (AvgIpc) is 3.26. The van der Waals surface area contributed by atoms with Crippen molar-refractivity contribution in [3.05, 3.63) is 134 Å². The van der Waals surface area contributed by atoms with Crippen molar-refractivity contribution in [2.75, 3.05) is 6.54 Å². The number of benzene rings is 3. The largest absolute Gasteiger partial charge is 0.461 e. The van der Waals surface area contributed by atoms with E-state index in [4.69, 9.17) is 9.47 Å². The second kappa shape index (κ2) is 10.4. The summed E-state index contributed by atoms with van der Waals surface area (Å²) in [5.41, 5.74) is 5.27. The van der Waals surface area contributed by atoms with Crippen LogP contribution in [-0.4, -0.2) is 33.6 Å². The molecule has 0 aliphatic carbocycles. The van der Waals surface area contributed by atoms with Crippen LogP contribution in [0.1, 0.15) is 79.6 Å². The molecule has 0 N–H and O–H groups in total. The summed E-state index contributed by atoms with van der Waals surface area (Å²) in [4.78, 5) is 40.9. The summed E-state index contributed by atoms with van der Waals surface area (Å²) < 4.78 is 15.0. The summed E-state index contributed by atoms with van der Waals surface area (Å²) in [5, 5.41) is 9.57. The predicted octanol–water partition coefficient (Wildman–Crippen LogP) is 5.29. The number of carbonyl (C=O) groups excluding carboxylic acids is 2. The van der Waals surface area contributed by atoms with Gasteiger partial charge in [-0.1, -0.05) is 48.5 Å². The molecule has 2 amide bonds. The van der Waals surface area contributed by atoms with Gasteiger partial charge in [-0.25, -0.2) is 0 Å². The highest BCUT2D eigenvalue weighted by Crippen LogP contribution is 2.49. The number of imide groups is 1. The highest BCUT2D eigenvalue weighted by Gasteiger charge is 2.48. The van der Waals surface area contributed by atoms with Crippen LogP contribution in [0.2, 0.25) is 0 Å². The molecule has 8 heteroatoms. The van der Waals surface area contributed by atoms with Crippen molar-refractivity contribution in [2.45, 2.75) is 51.0 Å². The van der Waals surface area contributed by atoms with Crippen molar-refractivity contribution < 1.29 is 19.1 Å². The van der Waals surface area contributed by atoms with E-state index in [1.54, 1.807) is 34.9 Å². The molecule has 214 valence electrons. The molecule has 1 unspecified atom stereocenters. The van der Waals surface area contributed by atoms with Gasteiger partial charge in [-0.05, 0) is 60.7 Å². The van der Waals surface area contributed by atoms with Crippen molar-refractivity contribution in [3.63, 3.8) is 0 Å². The summed E-state index contributed by atoms with van der Waals surface area (Å²) in [6.07, 6.45) is 1.43. The number of amides is 2. The Morgan fingerprint density at radius 1 is 0.930 bits per heavy atom. The van der Waals surface area contributed by atoms with Crippen LogP contribution in [0.4, 0.5) is 0 Å². The highest BCUT2D eigenvalue weighted by molar-refractivity contribution is 6.21. The van der Waals surface area contributed by atoms with Crippen LogP contribution >= 0.6 is 0 Å². The van der Waals surface area contributed by atoms with Gasteiger partial charge in [0.05, 0.1) is 34.9 Å². The van der Waals surface area contributed by atoms with E-state index in [0.717, 1.165) is 22.4 Å². The van der Waals surface area contributed by atoms with Crippen molar-refractivity contribution in [1.29, 1.82) is 5.26 Å². The predicted molar refractivity (Wildman–Crippen MR) is 158 cm³/mol. The maximum Gasteiger partial charge on any atom is 0.261 e. The van der Waals surface area contributed by atoms with E-state index in [1.807, 2.05) is 55.5 Å². The molecule has 3 aromatic carbocycles. The highest BCUT2D eigenvalue weighted by atomic mass is 16.7. The number of hydrogen-bond donors (Lipinski definition) is 0. The minimum Gasteiger partial charge on any atom is -0.461 e. The summed E-state index contributed by atoms with van der Waals surface area (Å²) >= 11 is 0. The number of aryl methyl sites for hydroxylation is 1. The lowest BCUT2D eigenvalue weighted by molar-refractivity contribution is -0.233. The van der Waals surface area contributed by atoms with Gasteiger partial charge in [-0.3, -0.25) is 19.3 Å². The van der Waals surface area contributed by atoms with E-state index in [2.05, 4.69) is 6.07 Å². The van der Waals surface area contributed by atoms with Gasteiger partial charge in [0, 0.05) is 31.1 Å². The Morgan fingerprint density at radius 2 is 1.65 bits per heavy atom. The Balaban J connectivity index is 1.18. The first-order valence-electron chi connectivity index (χ1n) is 14.5. The van der Waals surface area contributed by atoms with Crippen LogP contribution in [0.15, 0.2) is 83.7 Å². The molecule has 0 radical (unpaired) electrons. The van der Waals surface area contributed by atoms with E-state index in [1.165, 1.54) is 4.90 Å². The van der Waals surface area contributed by atoms with Gasteiger partial charge in [0.2, 0.25) is 5.79 Å². The zero-order chi connectivity index (χ0) is 29.7. The molecule has 8 nitrogen and oxygen atoms in total. The topological polar surface area (TPSA) is 102 Å². The number of ether oxygens (including phenoxy) is 2. The van der Waals surface area contributed by atoms with Gasteiger partial charge >= 0.3 is 0 Å². The number of aromatic nitrogens is 1. The van der Waals surface area contributed by atoms with Crippen LogP contribution in [0, 0.1) is 18.3 Å². The number of pyridine rings is 1. The minimum atomic E-state index is -1.05. The summed E-state index contributed by atoms with van der Waals surface area (Å²) in [6.45, 7) is 2.62. The molecule has 1 aromatic heterocycles. The number of hydrogen-bond acceptors (Lipinski definition) is 6. The smallest absolute Gasteiger partial charge is 0.261 e. The van der Waals surface area contributed by atoms with E-state index >= 15 is 0 Å². The zero-order valence-corrected chi connectivity index (χ0v) is 23.7. The molecule has 0 saturated heterocycles. The van der Waals surface area contributed by atoms with Crippen LogP contribution < -0.4 is 10.3 Å². The first kappa shape index (κ1) is 26.9. The molecular weight excluding hydrogens is 542 g/mol. The van der Waals surface area contributed by atoms with Crippen molar-refractivity contribution in [1.82, 2.24) is 9.47 Å². The fourth-order valence-corrected chi connectivity index (χ4v) is 6.52. The van der Waals surface area contributed by atoms with Crippen LogP contribution in [0.25, 0.3) is 0 Å². The van der Waals surface area contributed by atoms with Crippen molar-refractivity contribution in [2.24, 2.45) is 0 Å². The summed E-state index contributed by atoms with van der Waals surface area (Å²) in [7, 11) is 0. The summed E-state index contributed by atoms with van der Waals surface area (Å²) in [6, 6.07) is 26.3. The number of rotatable bonds is 7. The Morgan fingerprint density at radius 3 is 2.37 bits per heavy atom. The fraction of sp³-hybridized carbons (Fsp3) is 0.257. The fourth-order valence-electron chi connectivity index (χ4n) is 6.52. The monoisotopic (exact) mass is 571 g/mol. The van der Waals surface area contributed by atoms with Crippen LogP contribution in [0.3, 0.4) is 0 Å². The molecule has 0 saturated carbocycles. The molecule has 0 spiro atoms. The van der Waals surface area contributed by atoms with Crippen LogP contribution in [0.5, 0.6) is 5.75 Å². The van der Waals surface area contributed by atoms with Gasteiger partial charge < -0.3 is 14.0 Å². The molecule has 2 atom stereocenters. The van der Waals surface area contributed by atoms with Crippen LogP contribution in [-0.2, 0) is 17.7 Å². The van der Waals surface area contributed by atoms with E-state index in [0.29, 0.717) is 66.8 Å². The lowest BCUT2D eigenvalue weighted by Gasteiger charge is -2.46. The third-order valence-corrected chi connectivity index (χ3v) is 8.66. The number of fused-ring (bicyclic) bond motifs is 7. The zero-order valence-electron chi connectivity index (χ0n) is 23.7. The standard InChI is InChI=1S/C35H29N3O5/c1-22-17-29-30(34(41)38(22)21-23-9-3-2-4-10-23)31-26-14-13-24(20-36)18-25(26)19-35(42-29,43-31)15-7-8-16-37-32(39)27-11-5-6-12-28(27)33(37)40/h2-6,9-14,17-18,31H,7-8,15-16,19,21H2,1H3/t31?,35-/m1/s1. The molecule has 4 heterocycles. The third-order valence-electron chi connectivity index (χ3n) is 8.66. The van der Waals surface area contributed by atoms with E-state index in [9.17, 15) is 19.6 Å². The summed E-state index contributed by atoms with van der Waals surface area (Å²) in [5.74, 6) is -1.07. The number of nitriles is 1.